The number of amides is 3. The zero-order chi connectivity index (χ0) is 18.9. The van der Waals surface area contributed by atoms with Gasteiger partial charge in [-0.1, -0.05) is 0 Å². The number of piperidine rings is 1. The quantitative estimate of drug-likeness (QED) is 0.729. The topological polar surface area (TPSA) is 105 Å². The first-order chi connectivity index (χ1) is 12.3. The molecule has 1 aromatic rings. The smallest absolute Gasteiger partial charge is 0.251 e. The van der Waals surface area contributed by atoms with Crippen molar-refractivity contribution in [2.45, 2.75) is 37.9 Å². The molecule has 0 aromatic heterocycles. The molecule has 4 N–H and O–H groups in total. The molecule has 0 aliphatic carbocycles. The molecule has 26 heavy (non-hydrogen) atoms. The molecule has 3 amide bonds. The van der Waals surface area contributed by atoms with Crippen LogP contribution < -0.4 is 16.4 Å². The van der Waals surface area contributed by atoms with Gasteiger partial charge in [-0.15, -0.1) is 0 Å². The molecule has 0 spiro atoms. The number of nitrogens with zero attached hydrogens (tertiary/aromatic N) is 1. The minimum atomic E-state index is -1.54. The lowest BCUT2D eigenvalue weighted by Crippen LogP contribution is -2.52. The molecule has 1 atom stereocenters. The normalized spacial score (nSPS) is 19.5. The number of hydrogen-bond acceptors (Lipinski definition) is 4. The zero-order valence-electron chi connectivity index (χ0n) is 14.7. The number of fused-ring (bicyclic) bond motifs is 1. The van der Waals surface area contributed by atoms with Crippen LogP contribution in [0.25, 0.3) is 0 Å². The van der Waals surface area contributed by atoms with Gasteiger partial charge in [-0.2, -0.15) is 0 Å². The largest absolute Gasteiger partial charge is 0.349 e. The average Bonchev–Trinajstić information content (AvgIpc) is 2.99. The number of likely N-dealkylation sites (tertiary alicyclic amines) is 1. The zero-order valence-corrected chi connectivity index (χ0v) is 14.7. The van der Waals surface area contributed by atoms with E-state index in [1.807, 2.05) is 0 Å². The predicted octanol–water partition coefficient (Wildman–Crippen LogP) is 0.589. The second kappa shape index (κ2) is 7.03. The third-order valence-electron chi connectivity index (χ3n) is 4.92. The lowest BCUT2D eigenvalue weighted by molar-refractivity contribution is -0.134. The van der Waals surface area contributed by atoms with E-state index in [0.717, 1.165) is 5.56 Å². The Hall–Kier alpha value is -2.48. The Morgan fingerprint density at radius 3 is 2.73 bits per heavy atom. The van der Waals surface area contributed by atoms with E-state index in [1.54, 1.807) is 30.0 Å². The Morgan fingerprint density at radius 2 is 2.08 bits per heavy atom. The highest BCUT2D eigenvalue weighted by Crippen LogP contribution is 2.27. The van der Waals surface area contributed by atoms with Gasteiger partial charge in [-0.05, 0) is 30.7 Å². The van der Waals surface area contributed by atoms with E-state index in [0.29, 0.717) is 24.3 Å². The minimum absolute atomic E-state index is 0.103. The number of anilines is 1. The number of rotatable bonds is 4. The summed E-state index contributed by atoms with van der Waals surface area (Å²) in [4.78, 5) is 37.1. The van der Waals surface area contributed by atoms with Crippen molar-refractivity contribution in [1.82, 2.24) is 10.2 Å². The molecular weight excluding hydrogens is 339 g/mol. The number of halogens is 1. The molecule has 1 aromatic carbocycles. The van der Waals surface area contributed by atoms with Crippen LogP contribution in [0.1, 0.15) is 35.7 Å². The van der Waals surface area contributed by atoms with E-state index in [9.17, 15) is 18.8 Å². The maximum absolute atomic E-state index is 14.9. The number of nitrogens with one attached hydrogen (secondary N) is 2. The van der Waals surface area contributed by atoms with Crippen molar-refractivity contribution in [3.05, 3.63) is 29.3 Å². The van der Waals surface area contributed by atoms with Crippen molar-refractivity contribution in [2.75, 3.05) is 25.0 Å². The van der Waals surface area contributed by atoms with E-state index in [4.69, 9.17) is 5.73 Å². The molecule has 8 heteroatoms. The molecule has 1 unspecified atom stereocenters. The Morgan fingerprint density at radius 1 is 1.38 bits per heavy atom. The summed E-state index contributed by atoms with van der Waals surface area (Å²) in [6, 6.07) is 4.34. The minimum Gasteiger partial charge on any atom is -0.349 e. The molecule has 2 aliphatic heterocycles. The van der Waals surface area contributed by atoms with E-state index in [1.165, 1.54) is 0 Å². The maximum Gasteiger partial charge on any atom is 0.251 e. The van der Waals surface area contributed by atoms with Gasteiger partial charge in [0.2, 0.25) is 11.8 Å². The fraction of sp³-hybridized carbons (Fsp3) is 0.500. The van der Waals surface area contributed by atoms with Crippen molar-refractivity contribution in [2.24, 2.45) is 5.73 Å². The molecule has 0 radical (unpaired) electrons. The average molecular weight is 362 g/mol. The second-order valence-corrected chi connectivity index (χ2v) is 7.04. The number of nitrogens with two attached hydrogens (primary N) is 1. The predicted molar refractivity (Wildman–Crippen MR) is 94.4 cm³/mol. The summed E-state index contributed by atoms with van der Waals surface area (Å²) in [5.41, 5.74) is 5.90. The number of carbonyl (C=O) groups excluding carboxylic acids is 3. The van der Waals surface area contributed by atoms with Gasteiger partial charge in [0.25, 0.3) is 5.91 Å². The maximum atomic E-state index is 14.9. The van der Waals surface area contributed by atoms with Gasteiger partial charge >= 0.3 is 0 Å². The van der Waals surface area contributed by atoms with Crippen LogP contribution in [0.15, 0.2) is 18.2 Å². The standard InChI is InChI=1S/C18H23FN4O3/c1-11(20)17(26)23-6-4-18(19,5-7-23)10-21-16(25)12-2-3-14-13(8-12)9-15(24)22-14/h2-3,8,11H,4-7,9-10,20H2,1H3,(H,21,25)(H,22,24). The fourth-order valence-corrected chi connectivity index (χ4v) is 3.30. The molecule has 1 saturated heterocycles. The van der Waals surface area contributed by atoms with Crippen molar-refractivity contribution in [1.29, 1.82) is 0 Å². The lowest BCUT2D eigenvalue weighted by atomic mass is 9.92. The summed E-state index contributed by atoms with van der Waals surface area (Å²) in [6.07, 6.45) is 0.565. The van der Waals surface area contributed by atoms with Gasteiger partial charge in [0.15, 0.2) is 0 Å². The van der Waals surface area contributed by atoms with Crippen LogP contribution in [0, 0.1) is 0 Å². The van der Waals surface area contributed by atoms with Crippen LogP contribution in [0.3, 0.4) is 0 Å². The molecule has 3 rings (SSSR count). The van der Waals surface area contributed by atoms with Gasteiger partial charge in [-0.25, -0.2) is 4.39 Å². The van der Waals surface area contributed by atoms with Gasteiger partial charge in [0, 0.05) is 37.2 Å². The number of benzene rings is 1. The fourth-order valence-electron chi connectivity index (χ4n) is 3.30. The highest BCUT2D eigenvalue weighted by atomic mass is 19.1. The van der Waals surface area contributed by atoms with Crippen LogP contribution in [0.2, 0.25) is 0 Å². The van der Waals surface area contributed by atoms with Gasteiger partial charge in [-0.3, -0.25) is 14.4 Å². The summed E-state index contributed by atoms with van der Waals surface area (Å²) in [5.74, 6) is -0.663. The third kappa shape index (κ3) is 3.85. The molecule has 140 valence electrons. The molecule has 1 fully saturated rings. The third-order valence-corrected chi connectivity index (χ3v) is 4.92. The first-order valence-corrected chi connectivity index (χ1v) is 8.72. The summed E-state index contributed by atoms with van der Waals surface area (Å²) in [5, 5.41) is 5.33. The molecule has 2 heterocycles. The van der Waals surface area contributed by atoms with Crippen LogP contribution in [0.4, 0.5) is 10.1 Å². The first kappa shape index (κ1) is 18.3. The van der Waals surface area contributed by atoms with Crippen LogP contribution >= 0.6 is 0 Å². The molecule has 0 saturated carbocycles. The van der Waals surface area contributed by atoms with Crippen molar-refractivity contribution < 1.29 is 18.8 Å². The molecule has 7 nitrogen and oxygen atoms in total. The molecule has 0 bridgehead atoms. The lowest BCUT2D eigenvalue weighted by Gasteiger charge is -2.37. The highest BCUT2D eigenvalue weighted by molar-refractivity contribution is 6.01. The van der Waals surface area contributed by atoms with E-state index < -0.39 is 11.7 Å². The summed E-state index contributed by atoms with van der Waals surface area (Å²) < 4.78 is 14.9. The number of carbonyl (C=O) groups is 3. The SMILES string of the molecule is CC(N)C(=O)N1CCC(F)(CNC(=O)c2ccc3c(c2)CC(=O)N3)CC1. The van der Waals surface area contributed by atoms with E-state index in [-0.39, 0.29) is 43.5 Å². The van der Waals surface area contributed by atoms with Crippen LogP contribution in [0.5, 0.6) is 0 Å². The van der Waals surface area contributed by atoms with E-state index in [2.05, 4.69) is 10.6 Å². The van der Waals surface area contributed by atoms with Gasteiger partial charge in [0.1, 0.15) is 5.67 Å². The van der Waals surface area contributed by atoms with Crippen molar-refractivity contribution in [3.8, 4) is 0 Å². The monoisotopic (exact) mass is 362 g/mol. The summed E-state index contributed by atoms with van der Waals surface area (Å²) in [6.45, 7) is 2.08. The van der Waals surface area contributed by atoms with Crippen LogP contribution in [-0.2, 0) is 16.0 Å². The van der Waals surface area contributed by atoms with Crippen molar-refractivity contribution >= 4 is 23.4 Å². The summed E-state index contributed by atoms with van der Waals surface area (Å²) >= 11 is 0. The highest BCUT2D eigenvalue weighted by Gasteiger charge is 2.36. The van der Waals surface area contributed by atoms with Gasteiger partial charge in [0.05, 0.1) is 19.0 Å². The van der Waals surface area contributed by atoms with E-state index >= 15 is 0 Å². The van der Waals surface area contributed by atoms with Gasteiger partial charge < -0.3 is 21.3 Å². The first-order valence-electron chi connectivity index (χ1n) is 8.72. The molecule has 2 aliphatic rings. The number of alkyl halides is 1. The van der Waals surface area contributed by atoms with Crippen molar-refractivity contribution in [3.63, 3.8) is 0 Å². The Bertz CT molecular complexity index is 742. The second-order valence-electron chi connectivity index (χ2n) is 7.04. The Kier molecular flexibility index (Phi) is 4.95. The number of hydrogen-bond donors (Lipinski definition) is 3. The summed E-state index contributed by atoms with van der Waals surface area (Å²) in [7, 11) is 0. The van der Waals surface area contributed by atoms with Crippen LogP contribution in [-0.4, -0.2) is 54.0 Å². The molecular formula is C18H23FN4O3. The Labute approximate surface area is 151 Å². The Balaban J connectivity index is 1.54.